The standard InChI is InChI=1S/C24H25F2NO/c1-17-20(16-27-11-3-12-27)7-6-19-15-21(8-9-22(17)19)28-13-2-4-18-5-10-23(25)24(26)14-18/h3,5,8-11,14-15H,2,4,6-7,12-13,16H2,1H3. The molecule has 0 spiro atoms. The maximum atomic E-state index is 13.3. The molecule has 0 saturated heterocycles. The number of ether oxygens (including phenoxy) is 1. The predicted molar refractivity (Wildman–Crippen MR) is 108 cm³/mol. The molecule has 0 bridgehead atoms. The van der Waals surface area contributed by atoms with E-state index in [1.165, 1.54) is 34.4 Å². The van der Waals surface area contributed by atoms with Gasteiger partial charge in [0.05, 0.1) is 6.61 Å². The summed E-state index contributed by atoms with van der Waals surface area (Å²) in [6.07, 6.45) is 7.91. The van der Waals surface area contributed by atoms with Gasteiger partial charge in [-0.3, -0.25) is 0 Å². The average molecular weight is 381 g/mol. The zero-order valence-electron chi connectivity index (χ0n) is 16.2. The summed E-state index contributed by atoms with van der Waals surface area (Å²) in [5, 5.41) is 0. The zero-order valence-corrected chi connectivity index (χ0v) is 16.2. The van der Waals surface area contributed by atoms with Crippen molar-refractivity contribution in [2.75, 3.05) is 19.7 Å². The molecule has 1 aliphatic heterocycles. The fourth-order valence-corrected chi connectivity index (χ4v) is 3.87. The van der Waals surface area contributed by atoms with Crippen LogP contribution in [0, 0.1) is 11.6 Å². The van der Waals surface area contributed by atoms with Crippen LogP contribution in [0.15, 0.2) is 54.2 Å². The largest absolute Gasteiger partial charge is 0.494 e. The minimum absolute atomic E-state index is 0.555. The third-order valence-corrected chi connectivity index (χ3v) is 5.62. The van der Waals surface area contributed by atoms with E-state index in [-0.39, 0.29) is 0 Å². The van der Waals surface area contributed by atoms with E-state index in [1.54, 1.807) is 6.07 Å². The third-order valence-electron chi connectivity index (χ3n) is 5.62. The number of benzene rings is 2. The van der Waals surface area contributed by atoms with Gasteiger partial charge in [0.2, 0.25) is 0 Å². The highest BCUT2D eigenvalue weighted by molar-refractivity contribution is 5.72. The highest BCUT2D eigenvalue weighted by Gasteiger charge is 2.18. The summed E-state index contributed by atoms with van der Waals surface area (Å²) in [5.41, 5.74) is 6.39. The van der Waals surface area contributed by atoms with Crippen LogP contribution < -0.4 is 4.74 Å². The van der Waals surface area contributed by atoms with E-state index in [0.29, 0.717) is 13.0 Å². The van der Waals surface area contributed by atoms with E-state index >= 15 is 0 Å². The van der Waals surface area contributed by atoms with Gasteiger partial charge in [0.15, 0.2) is 11.6 Å². The highest BCUT2D eigenvalue weighted by Crippen LogP contribution is 2.34. The molecular formula is C24H25F2NO. The lowest BCUT2D eigenvalue weighted by atomic mass is 9.86. The summed E-state index contributed by atoms with van der Waals surface area (Å²) < 4.78 is 32.1. The van der Waals surface area contributed by atoms with E-state index < -0.39 is 11.6 Å². The summed E-state index contributed by atoms with van der Waals surface area (Å²) in [5.74, 6) is -0.713. The van der Waals surface area contributed by atoms with Crippen LogP contribution in [-0.2, 0) is 12.8 Å². The monoisotopic (exact) mass is 381 g/mol. The molecule has 2 aromatic carbocycles. The minimum atomic E-state index is -0.803. The first-order valence-corrected chi connectivity index (χ1v) is 9.89. The first kappa shape index (κ1) is 18.7. The second kappa shape index (κ2) is 8.17. The van der Waals surface area contributed by atoms with Gasteiger partial charge in [-0.2, -0.15) is 0 Å². The molecule has 146 valence electrons. The van der Waals surface area contributed by atoms with Gasteiger partial charge < -0.3 is 9.64 Å². The van der Waals surface area contributed by atoms with Gasteiger partial charge in [0, 0.05) is 13.1 Å². The number of aryl methyl sites for hydroxylation is 2. The molecule has 1 heterocycles. The Bertz CT molecular complexity index is 932. The van der Waals surface area contributed by atoms with Gasteiger partial charge in [0.1, 0.15) is 5.75 Å². The molecular weight excluding hydrogens is 356 g/mol. The van der Waals surface area contributed by atoms with Crippen molar-refractivity contribution < 1.29 is 13.5 Å². The van der Waals surface area contributed by atoms with Crippen LogP contribution in [0.3, 0.4) is 0 Å². The molecule has 4 rings (SSSR count). The molecule has 0 N–H and O–H groups in total. The molecule has 0 unspecified atom stereocenters. The highest BCUT2D eigenvalue weighted by atomic mass is 19.2. The number of hydrogen-bond acceptors (Lipinski definition) is 2. The second-order valence-corrected chi connectivity index (χ2v) is 7.56. The third kappa shape index (κ3) is 4.11. The molecule has 0 aromatic heterocycles. The molecule has 2 aromatic rings. The maximum Gasteiger partial charge on any atom is 0.159 e. The van der Waals surface area contributed by atoms with Crippen LogP contribution >= 0.6 is 0 Å². The van der Waals surface area contributed by atoms with Crippen molar-refractivity contribution in [2.45, 2.75) is 32.6 Å². The Labute approximate surface area is 165 Å². The van der Waals surface area contributed by atoms with Crippen LogP contribution in [-0.4, -0.2) is 24.6 Å². The Morgan fingerprint density at radius 2 is 1.89 bits per heavy atom. The van der Waals surface area contributed by atoms with Gasteiger partial charge >= 0.3 is 0 Å². The van der Waals surface area contributed by atoms with Crippen molar-refractivity contribution in [1.82, 2.24) is 4.90 Å². The quantitative estimate of drug-likeness (QED) is 0.585. The first-order valence-electron chi connectivity index (χ1n) is 9.89. The molecule has 2 aliphatic rings. The van der Waals surface area contributed by atoms with Crippen LogP contribution in [0.4, 0.5) is 8.78 Å². The summed E-state index contributed by atoms with van der Waals surface area (Å²) in [4.78, 5) is 2.34. The summed E-state index contributed by atoms with van der Waals surface area (Å²) >= 11 is 0. The molecule has 0 atom stereocenters. The smallest absolute Gasteiger partial charge is 0.159 e. The Hall–Kier alpha value is -2.62. The topological polar surface area (TPSA) is 12.5 Å². The number of hydrogen-bond donors (Lipinski definition) is 0. The van der Waals surface area contributed by atoms with Crippen LogP contribution in [0.2, 0.25) is 0 Å². The molecule has 28 heavy (non-hydrogen) atoms. The molecule has 1 aliphatic carbocycles. The van der Waals surface area contributed by atoms with Crippen molar-refractivity contribution in [3.05, 3.63) is 82.6 Å². The molecule has 0 fully saturated rings. The lowest BCUT2D eigenvalue weighted by Gasteiger charge is -2.30. The lowest BCUT2D eigenvalue weighted by molar-refractivity contribution is 0.310. The Balaban J connectivity index is 1.33. The van der Waals surface area contributed by atoms with Crippen molar-refractivity contribution in [1.29, 1.82) is 0 Å². The van der Waals surface area contributed by atoms with Crippen LogP contribution in [0.25, 0.3) is 5.57 Å². The van der Waals surface area contributed by atoms with E-state index in [9.17, 15) is 8.78 Å². The van der Waals surface area contributed by atoms with Crippen molar-refractivity contribution >= 4 is 5.57 Å². The zero-order chi connectivity index (χ0) is 19.5. The number of fused-ring (bicyclic) bond motifs is 1. The van der Waals surface area contributed by atoms with Gasteiger partial charge in [-0.15, -0.1) is 0 Å². The number of nitrogens with zero attached hydrogens (tertiary/aromatic N) is 1. The maximum absolute atomic E-state index is 13.3. The molecule has 0 radical (unpaired) electrons. The Morgan fingerprint density at radius 1 is 1.04 bits per heavy atom. The normalized spacial score (nSPS) is 15.5. The van der Waals surface area contributed by atoms with Crippen LogP contribution in [0.5, 0.6) is 5.75 Å². The van der Waals surface area contributed by atoms with E-state index in [2.05, 4.69) is 36.2 Å². The minimum Gasteiger partial charge on any atom is -0.494 e. The predicted octanol–water partition coefficient (Wildman–Crippen LogP) is 5.53. The Kier molecular flexibility index (Phi) is 5.47. The molecule has 0 saturated carbocycles. The average Bonchev–Trinajstić information content (AvgIpc) is 2.66. The van der Waals surface area contributed by atoms with Gasteiger partial charge in [-0.25, -0.2) is 8.78 Å². The second-order valence-electron chi connectivity index (χ2n) is 7.56. The lowest BCUT2D eigenvalue weighted by Crippen LogP contribution is -2.27. The summed E-state index contributed by atoms with van der Waals surface area (Å²) in [6, 6.07) is 10.4. The van der Waals surface area contributed by atoms with Gasteiger partial charge in [-0.05, 0) is 97.0 Å². The molecule has 2 nitrogen and oxygen atoms in total. The molecule has 4 heteroatoms. The number of allylic oxidation sites excluding steroid dienone is 1. The Morgan fingerprint density at radius 3 is 2.64 bits per heavy atom. The fraction of sp³-hybridized carbons (Fsp3) is 0.333. The molecule has 0 amide bonds. The van der Waals surface area contributed by atoms with E-state index in [4.69, 9.17) is 4.74 Å². The SMILES string of the molecule is CC1=C(CN2C=CC2)CCc2cc(OCCCc3ccc(F)c(F)c3)ccc21. The van der Waals surface area contributed by atoms with E-state index in [1.807, 2.05) is 6.07 Å². The van der Waals surface area contributed by atoms with Crippen molar-refractivity contribution in [2.24, 2.45) is 0 Å². The first-order chi connectivity index (χ1) is 13.6. The van der Waals surface area contributed by atoms with E-state index in [0.717, 1.165) is 43.7 Å². The summed E-state index contributed by atoms with van der Waals surface area (Å²) in [7, 11) is 0. The number of rotatable bonds is 7. The number of halogens is 2. The van der Waals surface area contributed by atoms with Gasteiger partial charge in [-0.1, -0.05) is 12.1 Å². The van der Waals surface area contributed by atoms with Crippen molar-refractivity contribution in [3.8, 4) is 5.75 Å². The van der Waals surface area contributed by atoms with Crippen LogP contribution in [0.1, 0.15) is 36.5 Å². The fourth-order valence-electron chi connectivity index (χ4n) is 3.87. The van der Waals surface area contributed by atoms with Gasteiger partial charge in [0.25, 0.3) is 0 Å². The van der Waals surface area contributed by atoms with Crippen molar-refractivity contribution in [3.63, 3.8) is 0 Å². The summed E-state index contributed by atoms with van der Waals surface area (Å²) in [6.45, 7) is 4.86.